The monoisotopic (exact) mass is 328 g/mol. The quantitative estimate of drug-likeness (QED) is 0.892. The number of nitrogens with one attached hydrogen (secondary N) is 1. The molecule has 0 bridgehead atoms. The van der Waals surface area contributed by atoms with Gasteiger partial charge in [-0.05, 0) is 55.8 Å². The van der Waals surface area contributed by atoms with Gasteiger partial charge in [-0.2, -0.15) is 0 Å². The van der Waals surface area contributed by atoms with Crippen molar-refractivity contribution in [3.05, 3.63) is 22.7 Å². The van der Waals surface area contributed by atoms with Crippen LogP contribution in [-0.4, -0.2) is 18.6 Å². The van der Waals surface area contributed by atoms with Crippen LogP contribution in [0.4, 0.5) is 5.69 Å². The van der Waals surface area contributed by atoms with Crippen molar-refractivity contribution in [1.82, 2.24) is 0 Å². The molecule has 0 saturated carbocycles. The minimum absolute atomic E-state index is 0.131. The fourth-order valence-electron chi connectivity index (χ4n) is 1.30. The molecule has 1 aromatic carbocycles. The predicted molar refractivity (Wildman–Crippen MR) is 81.4 cm³/mol. The molecule has 0 saturated heterocycles. The molecule has 0 aliphatic carbocycles. The van der Waals surface area contributed by atoms with E-state index in [0.29, 0.717) is 11.4 Å². The van der Waals surface area contributed by atoms with Crippen molar-refractivity contribution in [1.29, 1.82) is 0 Å². The Morgan fingerprint density at radius 2 is 1.89 bits per heavy atom. The lowest BCUT2D eigenvalue weighted by Crippen LogP contribution is -2.53. The first-order valence-corrected chi connectivity index (χ1v) is 6.83. The van der Waals surface area contributed by atoms with Gasteiger partial charge in [0.05, 0.1) is 18.2 Å². The van der Waals surface area contributed by atoms with Gasteiger partial charge in [0, 0.05) is 16.1 Å². The van der Waals surface area contributed by atoms with Gasteiger partial charge in [-0.25, -0.2) is 0 Å². The third-order valence-electron chi connectivity index (χ3n) is 3.60. The summed E-state index contributed by atoms with van der Waals surface area (Å²) in [6.45, 7) is 7.34. The van der Waals surface area contributed by atoms with Crippen LogP contribution in [0, 0.1) is 5.41 Å². The second kappa shape index (κ2) is 5.51. The number of halogens is 1. The molecule has 0 aliphatic rings. The minimum Gasteiger partial charge on any atom is -0.497 e. The van der Waals surface area contributed by atoms with E-state index in [0.717, 1.165) is 4.47 Å². The van der Waals surface area contributed by atoms with Crippen molar-refractivity contribution in [2.24, 2.45) is 11.1 Å². The molecular formula is C14H21BrN2O2. The minimum atomic E-state index is -0.699. The summed E-state index contributed by atoms with van der Waals surface area (Å²) < 4.78 is 5.95. The molecule has 0 radical (unpaired) electrons. The maximum Gasteiger partial charge on any atom is 0.231 e. The van der Waals surface area contributed by atoms with Gasteiger partial charge >= 0.3 is 0 Å². The summed E-state index contributed by atoms with van der Waals surface area (Å²) in [4.78, 5) is 12.4. The van der Waals surface area contributed by atoms with Gasteiger partial charge in [0.25, 0.3) is 0 Å². The molecule has 5 heteroatoms. The molecular weight excluding hydrogens is 308 g/mol. The van der Waals surface area contributed by atoms with E-state index in [1.165, 1.54) is 0 Å². The Bertz CT molecular complexity index is 479. The lowest BCUT2D eigenvalue weighted by Gasteiger charge is -2.37. The Morgan fingerprint density at radius 3 is 2.37 bits per heavy atom. The van der Waals surface area contributed by atoms with E-state index < -0.39 is 11.0 Å². The van der Waals surface area contributed by atoms with Crippen LogP contribution >= 0.6 is 15.9 Å². The van der Waals surface area contributed by atoms with Crippen molar-refractivity contribution in [3.8, 4) is 5.75 Å². The number of hydrogen-bond acceptors (Lipinski definition) is 3. The van der Waals surface area contributed by atoms with Gasteiger partial charge in [-0.15, -0.1) is 0 Å². The molecule has 1 amide bonds. The Balaban J connectivity index is 3.00. The molecule has 1 rings (SSSR count). The van der Waals surface area contributed by atoms with Crippen LogP contribution in [0.2, 0.25) is 0 Å². The van der Waals surface area contributed by atoms with E-state index in [9.17, 15) is 4.79 Å². The molecule has 0 heterocycles. The van der Waals surface area contributed by atoms with Gasteiger partial charge in [0.2, 0.25) is 5.91 Å². The highest BCUT2D eigenvalue weighted by Crippen LogP contribution is 2.32. The average Bonchev–Trinajstić information content (AvgIpc) is 2.30. The number of carbonyl (C=O) groups is 1. The number of rotatable bonds is 4. The van der Waals surface area contributed by atoms with E-state index in [1.807, 2.05) is 39.8 Å². The molecule has 0 fully saturated rings. The Morgan fingerprint density at radius 1 is 1.32 bits per heavy atom. The van der Waals surface area contributed by atoms with Gasteiger partial charge in [-0.1, -0.05) is 0 Å². The summed E-state index contributed by atoms with van der Waals surface area (Å²) in [6.07, 6.45) is 0. The van der Waals surface area contributed by atoms with E-state index >= 15 is 0 Å². The number of ether oxygens (including phenoxy) is 1. The molecule has 3 N–H and O–H groups in total. The number of benzene rings is 1. The van der Waals surface area contributed by atoms with Crippen molar-refractivity contribution < 1.29 is 9.53 Å². The summed E-state index contributed by atoms with van der Waals surface area (Å²) in [5.41, 5.74) is 5.41. The zero-order chi connectivity index (χ0) is 14.8. The molecule has 0 atom stereocenters. The summed E-state index contributed by atoms with van der Waals surface area (Å²) in [5.74, 6) is 0.553. The number of hydrogen-bond donors (Lipinski definition) is 2. The Kier molecular flexibility index (Phi) is 4.63. The highest BCUT2D eigenvalue weighted by molar-refractivity contribution is 9.10. The van der Waals surface area contributed by atoms with Crippen molar-refractivity contribution in [2.75, 3.05) is 12.4 Å². The van der Waals surface area contributed by atoms with E-state index in [1.54, 1.807) is 13.2 Å². The largest absolute Gasteiger partial charge is 0.497 e. The molecule has 1 aromatic rings. The fourth-order valence-corrected chi connectivity index (χ4v) is 1.64. The van der Waals surface area contributed by atoms with Gasteiger partial charge in [0.15, 0.2) is 0 Å². The molecule has 0 spiro atoms. The van der Waals surface area contributed by atoms with E-state index in [2.05, 4.69) is 21.2 Å². The molecule has 19 heavy (non-hydrogen) atoms. The Hall–Kier alpha value is -1.07. The normalized spacial score (nSPS) is 12.2. The lowest BCUT2D eigenvalue weighted by molar-refractivity contribution is -0.126. The highest BCUT2D eigenvalue weighted by atomic mass is 79.9. The zero-order valence-corrected chi connectivity index (χ0v) is 13.6. The molecule has 106 valence electrons. The van der Waals surface area contributed by atoms with Crippen LogP contribution in [0.25, 0.3) is 0 Å². The fraction of sp³-hybridized carbons (Fsp3) is 0.500. The number of carbonyl (C=O) groups excluding carboxylic acids is 1. The topological polar surface area (TPSA) is 64.3 Å². The van der Waals surface area contributed by atoms with Crippen LogP contribution in [0.1, 0.15) is 27.7 Å². The van der Waals surface area contributed by atoms with E-state index in [-0.39, 0.29) is 5.91 Å². The summed E-state index contributed by atoms with van der Waals surface area (Å²) in [5, 5.41) is 2.89. The first kappa shape index (κ1) is 16.0. The summed E-state index contributed by atoms with van der Waals surface area (Å²) >= 11 is 3.40. The number of anilines is 1. The molecule has 0 aromatic heterocycles. The van der Waals surface area contributed by atoms with Crippen molar-refractivity contribution >= 4 is 27.5 Å². The third-order valence-corrected chi connectivity index (χ3v) is 4.29. The third kappa shape index (κ3) is 3.48. The number of amides is 1. The lowest BCUT2D eigenvalue weighted by atomic mass is 9.74. The van der Waals surface area contributed by atoms with Gasteiger partial charge in [-0.3, -0.25) is 4.79 Å². The predicted octanol–water partition coefficient (Wildman–Crippen LogP) is 3.16. The smallest absolute Gasteiger partial charge is 0.231 e. The second-order valence-electron chi connectivity index (χ2n) is 5.65. The van der Waals surface area contributed by atoms with Crippen molar-refractivity contribution in [3.63, 3.8) is 0 Å². The second-order valence-corrected chi connectivity index (χ2v) is 6.50. The van der Waals surface area contributed by atoms with Gasteiger partial charge < -0.3 is 15.8 Å². The van der Waals surface area contributed by atoms with Crippen molar-refractivity contribution in [2.45, 2.75) is 33.2 Å². The number of nitrogens with two attached hydrogens (primary N) is 1. The highest BCUT2D eigenvalue weighted by Gasteiger charge is 2.40. The van der Waals surface area contributed by atoms with Crippen LogP contribution in [0.5, 0.6) is 5.75 Å². The van der Waals surface area contributed by atoms with Crippen LogP contribution in [0.3, 0.4) is 0 Å². The Labute approximate surface area is 122 Å². The van der Waals surface area contributed by atoms with Gasteiger partial charge in [0.1, 0.15) is 5.75 Å². The first-order valence-electron chi connectivity index (χ1n) is 6.03. The maximum absolute atomic E-state index is 12.4. The number of methoxy groups -OCH3 is 1. The molecule has 4 nitrogen and oxygen atoms in total. The zero-order valence-electron chi connectivity index (χ0n) is 12.0. The van der Waals surface area contributed by atoms with Crippen LogP contribution in [0.15, 0.2) is 22.7 Å². The SMILES string of the molecule is COc1ccc(Br)c(NC(=O)C(C)(C)C(C)(C)N)c1. The molecule has 0 unspecified atom stereocenters. The van der Waals surface area contributed by atoms with Crippen LogP contribution < -0.4 is 15.8 Å². The maximum atomic E-state index is 12.4. The standard InChI is InChI=1S/C14H21BrN2O2/c1-13(2,14(3,4)16)12(18)17-11-8-9(19-5)6-7-10(11)15/h6-8H,16H2,1-5H3,(H,17,18). The summed E-state index contributed by atoms with van der Waals surface area (Å²) in [6, 6.07) is 5.41. The summed E-state index contributed by atoms with van der Waals surface area (Å²) in [7, 11) is 1.59. The van der Waals surface area contributed by atoms with E-state index in [4.69, 9.17) is 10.5 Å². The average molecular weight is 329 g/mol. The van der Waals surface area contributed by atoms with Crippen LogP contribution in [-0.2, 0) is 4.79 Å². The first-order chi connectivity index (χ1) is 8.59. The molecule has 0 aliphatic heterocycles.